The molecule has 2 aromatic heterocycles. The third-order valence-electron chi connectivity index (χ3n) is 3.99. The van der Waals surface area contributed by atoms with E-state index in [2.05, 4.69) is 10.3 Å². The van der Waals surface area contributed by atoms with E-state index in [0.29, 0.717) is 5.75 Å². The molecule has 0 radical (unpaired) electrons. The molecule has 0 aliphatic rings. The summed E-state index contributed by atoms with van der Waals surface area (Å²) in [5, 5.41) is 3.23. The molecule has 0 saturated carbocycles. The van der Waals surface area contributed by atoms with Crippen LogP contribution in [0, 0.1) is 5.82 Å². The van der Waals surface area contributed by atoms with Crippen LogP contribution in [0.2, 0.25) is 0 Å². The first-order valence-electron chi connectivity index (χ1n) is 9.02. The Labute approximate surface area is 162 Å². The molecule has 146 valence electrons. The smallest absolute Gasteiger partial charge is 0.286 e. The number of hydrogen-bond donors (Lipinski definition) is 1. The highest BCUT2D eigenvalue weighted by atomic mass is 19.1. The average molecular weight is 383 g/mol. The van der Waals surface area contributed by atoms with Crippen LogP contribution in [-0.4, -0.2) is 16.3 Å². The SMILES string of the molecule is CCNCc1ccc(COn2ccc(OCc3ccc(F)cc3)cc2=O)nc1. The molecule has 0 unspecified atom stereocenters. The Kier molecular flexibility index (Phi) is 6.75. The van der Waals surface area contributed by atoms with Crippen LogP contribution in [-0.2, 0) is 19.8 Å². The summed E-state index contributed by atoms with van der Waals surface area (Å²) >= 11 is 0. The number of benzene rings is 1. The maximum atomic E-state index is 12.9. The van der Waals surface area contributed by atoms with E-state index in [-0.39, 0.29) is 24.6 Å². The van der Waals surface area contributed by atoms with E-state index < -0.39 is 0 Å². The second-order valence-electron chi connectivity index (χ2n) is 6.15. The number of hydrogen-bond acceptors (Lipinski definition) is 5. The minimum absolute atomic E-state index is 0.178. The highest BCUT2D eigenvalue weighted by Crippen LogP contribution is 2.10. The van der Waals surface area contributed by atoms with Gasteiger partial charge in [-0.15, -0.1) is 0 Å². The number of pyridine rings is 2. The van der Waals surface area contributed by atoms with Crippen LogP contribution in [0.3, 0.4) is 0 Å². The van der Waals surface area contributed by atoms with Gasteiger partial charge >= 0.3 is 0 Å². The average Bonchev–Trinajstić information content (AvgIpc) is 2.72. The largest absolute Gasteiger partial charge is 0.489 e. The van der Waals surface area contributed by atoms with Gasteiger partial charge in [-0.05, 0) is 35.9 Å². The Hall–Kier alpha value is -3.19. The predicted octanol–water partition coefficient (Wildman–Crippen LogP) is 2.70. The number of aromatic nitrogens is 2. The minimum atomic E-state index is -0.347. The van der Waals surface area contributed by atoms with Crippen molar-refractivity contribution in [2.75, 3.05) is 6.54 Å². The van der Waals surface area contributed by atoms with Crippen molar-refractivity contribution in [2.45, 2.75) is 26.7 Å². The van der Waals surface area contributed by atoms with Crippen molar-refractivity contribution in [1.82, 2.24) is 15.0 Å². The third-order valence-corrected chi connectivity index (χ3v) is 3.99. The van der Waals surface area contributed by atoms with Gasteiger partial charge in [0.05, 0.1) is 11.9 Å². The summed E-state index contributed by atoms with van der Waals surface area (Å²) in [6.07, 6.45) is 3.29. The topological polar surface area (TPSA) is 65.4 Å². The zero-order chi connectivity index (χ0) is 19.8. The lowest BCUT2D eigenvalue weighted by Gasteiger charge is -2.10. The fourth-order valence-corrected chi connectivity index (χ4v) is 2.44. The third kappa shape index (κ3) is 5.65. The Bertz CT molecular complexity index is 940. The predicted molar refractivity (Wildman–Crippen MR) is 103 cm³/mol. The molecule has 0 aliphatic carbocycles. The molecule has 3 aromatic rings. The van der Waals surface area contributed by atoms with Crippen molar-refractivity contribution in [2.24, 2.45) is 0 Å². The van der Waals surface area contributed by atoms with Crippen LogP contribution in [0.4, 0.5) is 4.39 Å². The number of nitrogens with zero attached hydrogens (tertiary/aromatic N) is 2. The molecule has 7 heteroatoms. The molecule has 0 bridgehead atoms. The maximum absolute atomic E-state index is 12.9. The van der Waals surface area contributed by atoms with Crippen LogP contribution in [0.5, 0.6) is 5.75 Å². The molecule has 3 rings (SSSR count). The summed E-state index contributed by atoms with van der Waals surface area (Å²) in [4.78, 5) is 22.0. The van der Waals surface area contributed by atoms with Gasteiger partial charge in [-0.3, -0.25) is 9.78 Å². The van der Waals surface area contributed by atoms with Gasteiger partial charge in [0, 0.05) is 24.9 Å². The van der Waals surface area contributed by atoms with Crippen LogP contribution in [0.15, 0.2) is 65.7 Å². The van der Waals surface area contributed by atoms with Crippen molar-refractivity contribution < 1.29 is 14.0 Å². The number of nitrogens with one attached hydrogen (secondary N) is 1. The second-order valence-corrected chi connectivity index (χ2v) is 6.15. The Morgan fingerprint density at radius 3 is 2.54 bits per heavy atom. The molecule has 0 spiro atoms. The second kappa shape index (κ2) is 9.66. The summed E-state index contributed by atoms with van der Waals surface area (Å²) in [7, 11) is 0. The standard InChI is InChI=1S/C21H22FN3O3/c1-2-23-12-17-5-8-19(24-13-17)15-28-25-10-9-20(11-21(25)26)27-14-16-3-6-18(22)7-4-16/h3-11,13,23H,2,12,14-15H2,1H3. The minimum Gasteiger partial charge on any atom is -0.489 e. The van der Waals surface area contributed by atoms with Gasteiger partial charge < -0.3 is 14.9 Å². The molecule has 0 atom stereocenters. The molecule has 0 aliphatic heterocycles. The quantitative estimate of drug-likeness (QED) is 0.616. The van der Waals surface area contributed by atoms with E-state index in [0.717, 1.165) is 34.6 Å². The van der Waals surface area contributed by atoms with Gasteiger partial charge in [-0.25, -0.2) is 4.39 Å². The molecule has 0 saturated heterocycles. The van der Waals surface area contributed by atoms with Crippen LogP contribution < -0.4 is 20.5 Å². The van der Waals surface area contributed by atoms with E-state index in [1.807, 2.05) is 19.1 Å². The van der Waals surface area contributed by atoms with Crippen molar-refractivity contribution in [3.05, 3.63) is 93.9 Å². The first-order chi connectivity index (χ1) is 13.6. The Morgan fingerprint density at radius 1 is 1.07 bits per heavy atom. The van der Waals surface area contributed by atoms with Crippen LogP contribution in [0.1, 0.15) is 23.7 Å². The lowest BCUT2D eigenvalue weighted by Crippen LogP contribution is -2.25. The van der Waals surface area contributed by atoms with E-state index in [4.69, 9.17) is 9.57 Å². The van der Waals surface area contributed by atoms with Crippen molar-refractivity contribution in [1.29, 1.82) is 0 Å². The van der Waals surface area contributed by atoms with Crippen LogP contribution in [0.25, 0.3) is 0 Å². The molecular formula is C21H22FN3O3. The molecule has 0 fully saturated rings. The Balaban J connectivity index is 1.53. The molecule has 6 nitrogen and oxygen atoms in total. The van der Waals surface area contributed by atoms with Gasteiger partial charge in [0.2, 0.25) is 0 Å². The van der Waals surface area contributed by atoms with Gasteiger partial charge in [-0.1, -0.05) is 25.1 Å². The van der Waals surface area contributed by atoms with Crippen molar-refractivity contribution >= 4 is 0 Å². The monoisotopic (exact) mass is 383 g/mol. The lowest BCUT2D eigenvalue weighted by atomic mass is 10.2. The fraction of sp³-hybridized carbons (Fsp3) is 0.238. The van der Waals surface area contributed by atoms with Gasteiger partial charge in [0.15, 0.2) is 6.61 Å². The van der Waals surface area contributed by atoms with E-state index in [1.165, 1.54) is 24.4 Å². The summed E-state index contributed by atoms with van der Waals surface area (Å²) in [6.45, 7) is 4.14. The Morgan fingerprint density at radius 2 is 1.86 bits per heavy atom. The zero-order valence-electron chi connectivity index (χ0n) is 15.6. The summed E-state index contributed by atoms with van der Waals surface area (Å²) in [5.41, 5.74) is 2.28. The number of ether oxygens (including phenoxy) is 1. The molecule has 28 heavy (non-hydrogen) atoms. The van der Waals surface area contributed by atoms with Crippen LogP contribution >= 0.6 is 0 Å². The van der Waals surface area contributed by atoms with E-state index in [1.54, 1.807) is 24.4 Å². The number of rotatable bonds is 9. The zero-order valence-corrected chi connectivity index (χ0v) is 15.6. The first-order valence-corrected chi connectivity index (χ1v) is 9.02. The highest BCUT2D eigenvalue weighted by molar-refractivity contribution is 5.20. The fourth-order valence-electron chi connectivity index (χ4n) is 2.44. The molecule has 1 N–H and O–H groups in total. The van der Waals surface area contributed by atoms with E-state index >= 15 is 0 Å². The summed E-state index contributed by atoms with van der Waals surface area (Å²) in [5.74, 6) is 0.116. The van der Waals surface area contributed by atoms with E-state index in [9.17, 15) is 9.18 Å². The summed E-state index contributed by atoms with van der Waals surface area (Å²) < 4.78 is 19.6. The van der Waals surface area contributed by atoms with Crippen molar-refractivity contribution in [3.63, 3.8) is 0 Å². The van der Waals surface area contributed by atoms with Crippen molar-refractivity contribution in [3.8, 4) is 5.75 Å². The molecule has 2 heterocycles. The van der Waals surface area contributed by atoms with Gasteiger partial charge in [-0.2, -0.15) is 4.73 Å². The molecule has 1 aromatic carbocycles. The molecule has 0 amide bonds. The number of halogens is 1. The highest BCUT2D eigenvalue weighted by Gasteiger charge is 2.03. The first kappa shape index (κ1) is 19.6. The maximum Gasteiger partial charge on any atom is 0.286 e. The lowest BCUT2D eigenvalue weighted by molar-refractivity contribution is 0.0862. The molecular weight excluding hydrogens is 361 g/mol. The normalized spacial score (nSPS) is 10.6. The van der Waals surface area contributed by atoms with Gasteiger partial charge in [0.25, 0.3) is 5.56 Å². The summed E-state index contributed by atoms with van der Waals surface area (Å²) in [6, 6.07) is 12.8. The van der Waals surface area contributed by atoms with Gasteiger partial charge in [0.1, 0.15) is 18.2 Å².